The number of aliphatic hydroxyl groups excluding tert-OH is 1. The third kappa shape index (κ3) is 2.86. The van der Waals surface area contributed by atoms with Gasteiger partial charge in [-0.25, -0.2) is 0 Å². The van der Waals surface area contributed by atoms with E-state index >= 15 is 0 Å². The maximum Gasteiger partial charge on any atom is 0.0584 e. The van der Waals surface area contributed by atoms with E-state index in [-0.39, 0.29) is 12.6 Å². The Hall–Kier alpha value is -0.800. The highest BCUT2D eigenvalue weighted by molar-refractivity contribution is 5.06. The first-order chi connectivity index (χ1) is 6.27. The maximum atomic E-state index is 8.95. The van der Waals surface area contributed by atoms with Gasteiger partial charge in [-0.05, 0) is 18.6 Å². The smallest absolute Gasteiger partial charge is 0.0584 e. The molecule has 2 N–H and O–H groups in total. The van der Waals surface area contributed by atoms with Gasteiger partial charge in [0, 0.05) is 31.5 Å². The molecule has 0 unspecified atom stereocenters. The van der Waals surface area contributed by atoms with E-state index < -0.39 is 0 Å². The fraction of sp³-hybridized carbons (Fsp3) is 0.600. The number of nitrogens with zero attached hydrogens (tertiary/aromatic N) is 1. The molecule has 3 heteroatoms. The van der Waals surface area contributed by atoms with E-state index in [0.717, 1.165) is 13.0 Å². The molecule has 0 aliphatic rings. The zero-order valence-electron chi connectivity index (χ0n) is 8.33. The van der Waals surface area contributed by atoms with Crippen molar-refractivity contribution in [2.75, 3.05) is 6.61 Å². The summed E-state index contributed by atoms with van der Waals surface area (Å²) in [5.74, 6) is 0. The first-order valence-corrected chi connectivity index (χ1v) is 4.72. The summed E-state index contributed by atoms with van der Waals surface area (Å²) in [5.41, 5.74) is 1.24. The topological polar surface area (TPSA) is 37.2 Å². The minimum atomic E-state index is 0.209. The van der Waals surface area contributed by atoms with E-state index in [1.54, 1.807) is 0 Å². The lowest BCUT2D eigenvalue weighted by molar-refractivity contribution is 0.237. The minimum absolute atomic E-state index is 0.209. The van der Waals surface area contributed by atoms with E-state index in [0.29, 0.717) is 0 Å². The van der Waals surface area contributed by atoms with Crippen LogP contribution < -0.4 is 5.32 Å². The Morgan fingerprint density at radius 2 is 2.38 bits per heavy atom. The molecule has 3 nitrogen and oxygen atoms in total. The van der Waals surface area contributed by atoms with Crippen LogP contribution in [0.4, 0.5) is 0 Å². The Morgan fingerprint density at radius 1 is 1.62 bits per heavy atom. The Labute approximate surface area is 79.4 Å². The Bertz CT molecular complexity index is 241. The van der Waals surface area contributed by atoms with Crippen molar-refractivity contribution in [2.45, 2.75) is 25.9 Å². The lowest BCUT2D eigenvalue weighted by Gasteiger charge is -2.13. The second-order valence-corrected chi connectivity index (χ2v) is 3.28. The van der Waals surface area contributed by atoms with Gasteiger partial charge in [-0.1, -0.05) is 6.92 Å². The van der Waals surface area contributed by atoms with Crippen molar-refractivity contribution in [3.63, 3.8) is 0 Å². The van der Waals surface area contributed by atoms with Crippen molar-refractivity contribution in [2.24, 2.45) is 7.05 Å². The SMILES string of the molecule is CC[C@H](CO)NCc1cccn1C. The molecule has 0 aliphatic carbocycles. The number of aromatic nitrogens is 1. The molecule has 0 fully saturated rings. The molecule has 1 heterocycles. The van der Waals surface area contributed by atoms with Gasteiger partial charge < -0.3 is 15.0 Å². The van der Waals surface area contributed by atoms with Crippen molar-refractivity contribution in [1.82, 2.24) is 9.88 Å². The second-order valence-electron chi connectivity index (χ2n) is 3.28. The Balaban J connectivity index is 2.38. The van der Waals surface area contributed by atoms with Crippen molar-refractivity contribution >= 4 is 0 Å². The molecule has 74 valence electrons. The summed E-state index contributed by atoms with van der Waals surface area (Å²) in [5, 5.41) is 12.2. The zero-order chi connectivity index (χ0) is 9.68. The molecule has 0 amide bonds. The average molecular weight is 182 g/mol. The summed E-state index contributed by atoms with van der Waals surface area (Å²) in [6, 6.07) is 4.32. The van der Waals surface area contributed by atoms with Gasteiger partial charge in [0.25, 0.3) is 0 Å². The van der Waals surface area contributed by atoms with Crippen molar-refractivity contribution in [1.29, 1.82) is 0 Å². The third-order valence-corrected chi connectivity index (χ3v) is 2.34. The van der Waals surface area contributed by atoms with Crippen LogP contribution in [0.25, 0.3) is 0 Å². The molecular weight excluding hydrogens is 164 g/mol. The summed E-state index contributed by atoms with van der Waals surface area (Å²) < 4.78 is 2.08. The quantitative estimate of drug-likeness (QED) is 0.709. The van der Waals surface area contributed by atoms with Crippen LogP contribution in [0.15, 0.2) is 18.3 Å². The molecule has 1 atom stereocenters. The van der Waals surface area contributed by atoms with Gasteiger partial charge in [-0.2, -0.15) is 0 Å². The summed E-state index contributed by atoms with van der Waals surface area (Å²) in [6.45, 7) is 3.10. The fourth-order valence-corrected chi connectivity index (χ4v) is 1.27. The highest BCUT2D eigenvalue weighted by atomic mass is 16.3. The van der Waals surface area contributed by atoms with Gasteiger partial charge in [0.05, 0.1) is 6.61 Å². The van der Waals surface area contributed by atoms with Crippen LogP contribution in [0, 0.1) is 0 Å². The number of aryl methyl sites for hydroxylation is 1. The molecule has 1 aromatic rings. The first-order valence-electron chi connectivity index (χ1n) is 4.72. The van der Waals surface area contributed by atoms with Gasteiger partial charge in [0.1, 0.15) is 0 Å². The summed E-state index contributed by atoms with van der Waals surface area (Å²) in [7, 11) is 2.02. The monoisotopic (exact) mass is 182 g/mol. The molecule has 0 aromatic carbocycles. The molecule has 13 heavy (non-hydrogen) atoms. The van der Waals surface area contributed by atoms with Gasteiger partial charge in [-0.15, -0.1) is 0 Å². The van der Waals surface area contributed by atoms with Gasteiger partial charge in [-0.3, -0.25) is 0 Å². The lowest BCUT2D eigenvalue weighted by atomic mass is 10.2. The van der Waals surface area contributed by atoms with E-state index in [9.17, 15) is 0 Å². The number of hydrogen-bond acceptors (Lipinski definition) is 2. The van der Waals surface area contributed by atoms with Crippen LogP contribution in [0.2, 0.25) is 0 Å². The highest BCUT2D eigenvalue weighted by Gasteiger charge is 2.03. The molecule has 0 bridgehead atoms. The molecular formula is C10H18N2O. The van der Waals surface area contributed by atoms with Crippen LogP contribution in [-0.4, -0.2) is 22.3 Å². The van der Waals surface area contributed by atoms with E-state index in [1.807, 2.05) is 19.3 Å². The molecule has 0 saturated carbocycles. The van der Waals surface area contributed by atoms with Crippen LogP contribution in [0.5, 0.6) is 0 Å². The number of hydrogen-bond donors (Lipinski definition) is 2. The predicted octanol–water partition coefficient (Wildman–Crippen LogP) is 0.886. The Kier molecular flexibility index (Phi) is 3.99. The number of aliphatic hydroxyl groups is 1. The summed E-state index contributed by atoms with van der Waals surface area (Å²) in [6.07, 6.45) is 2.98. The lowest BCUT2D eigenvalue weighted by Crippen LogP contribution is -2.31. The standard InChI is InChI=1S/C10H18N2O/c1-3-9(8-13)11-7-10-5-4-6-12(10)2/h4-6,9,11,13H,3,7-8H2,1-2H3/t9-/m1/s1. The molecule has 1 rings (SSSR count). The van der Waals surface area contributed by atoms with Crippen molar-refractivity contribution < 1.29 is 5.11 Å². The van der Waals surface area contributed by atoms with Crippen molar-refractivity contribution in [3.05, 3.63) is 24.0 Å². The zero-order valence-corrected chi connectivity index (χ0v) is 8.33. The van der Waals surface area contributed by atoms with E-state index in [1.165, 1.54) is 5.69 Å². The molecule has 0 spiro atoms. The van der Waals surface area contributed by atoms with Crippen LogP contribution in [0.1, 0.15) is 19.0 Å². The summed E-state index contributed by atoms with van der Waals surface area (Å²) >= 11 is 0. The minimum Gasteiger partial charge on any atom is -0.395 e. The van der Waals surface area contributed by atoms with E-state index in [2.05, 4.69) is 22.9 Å². The first kappa shape index (κ1) is 10.3. The van der Waals surface area contributed by atoms with Crippen LogP contribution in [0.3, 0.4) is 0 Å². The van der Waals surface area contributed by atoms with Gasteiger partial charge >= 0.3 is 0 Å². The van der Waals surface area contributed by atoms with Crippen LogP contribution in [-0.2, 0) is 13.6 Å². The predicted molar refractivity (Wildman–Crippen MR) is 53.4 cm³/mol. The maximum absolute atomic E-state index is 8.95. The largest absolute Gasteiger partial charge is 0.395 e. The fourth-order valence-electron chi connectivity index (χ4n) is 1.27. The van der Waals surface area contributed by atoms with Gasteiger partial charge in [0.15, 0.2) is 0 Å². The number of rotatable bonds is 5. The number of nitrogens with one attached hydrogen (secondary N) is 1. The molecule has 0 saturated heterocycles. The van der Waals surface area contributed by atoms with Gasteiger partial charge in [0.2, 0.25) is 0 Å². The van der Waals surface area contributed by atoms with Crippen LogP contribution >= 0.6 is 0 Å². The Morgan fingerprint density at radius 3 is 2.85 bits per heavy atom. The highest BCUT2D eigenvalue weighted by Crippen LogP contribution is 2.00. The van der Waals surface area contributed by atoms with Crippen molar-refractivity contribution in [3.8, 4) is 0 Å². The molecule has 1 aromatic heterocycles. The summed E-state index contributed by atoms with van der Waals surface area (Å²) in [4.78, 5) is 0. The molecule has 0 aliphatic heterocycles. The normalized spacial score (nSPS) is 13.2. The van der Waals surface area contributed by atoms with E-state index in [4.69, 9.17) is 5.11 Å². The molecule has 0 radical (unpaired) electrons. The average Bonchev–Trinajstić information content (AvgIpc) is 2.54. The third-order valence-electron chi connectivity index (χ3n) is 2.34. The second kappa shape index (κ2) is 5.04.